The second kappa shape index (κ2) is 6.98. The highest BCUT2D eigenvalue weighted by Gasteiger charge is 1.92. The maximum absolute atomic E-state index is 3.13. The van der Waals surface area contributed by atoms with Gasteiger partial charge in [0.2, 0.25) is 0 Å². The molecule has 0 atom stereocenters. The molecule has 0 N–H and O–H groups in total. The lowest BCUT2D eigenvalue weighted by Gasteiger charge is -1.96. The number of benzene rings is 3. The Labute approximate surface area is 131 Å². The van der Waals surface area contributed by atoms with Gasteiger partial charge in [-0.2, -0.15) is 0 Å². The second-order valence-corrected chi connectivity index (χ2v) is 4.80. The molecule has 0 heterocycles. The molecule has 0 nitrogen and oxygen atoms in total. The Morgan fingerprint density at radius 1 is 0.545 bits per heavy atom. The highest BCUT2D eigenvalue weighted by atomic mass is 14.0. The molecule has 0 saturated heterocycles. The average molecular weight is 278 g/mol. The van der Waals surface area contributed by atoms with Gasteiger partial charge in [0.1, 0.15) is 0 Å². The van der Waals surface area contributed by atoms with Gasteiger partial charge in [-0.05, 0) is 47.2 Å². The maximum Gasteiger partial charge on any atom is 0.0255 e. The minimum absolute atomic E-state index is 1.01. The number of hydrogen-bond acceptors (Lipinski definition) is 0. The van der Waals surface area contributed by atoms with Gasteiger partial charge in [0, 0.05) is 11.1 Å². The minimum atomic E-state index is 1.01. The van der Waals surface area contributed by atoms with E-state index >= 15 is 0 Å². The van der Waals surface area contributed by atoms with Gasteiger partial charge in [0.25, 0.3) is 0 Å². The summed E-state index contributed by atoms with van der Waals surface area (Å²) in [6, 6.07) is 24.4. The summed E-state index contributed by atoms with van der Waals surface area (Å²) in [5.41, 5.74) is 2.02. The molecular weight excluding hydrogens is 264 g/mol. The molecule has 0 aromatic heterocycles. The molecule has 0 heteroatoms. The van der Waals surface area contributed by atoms with Crippen LogP contribution in [0.4, 0.5) is 0 Å². The van der Waals surface area contributed by atoms with E-state index in [-0.39, 0.29) is 0 Å². The largest absolute Gasteiger partial charge is 0.0689 e. The minimum Gasteiger partial charge on any atom is -0.0689 e. The van der Waals surface area contributed by atoms with Crippen LogP contribution >= 0.6 is 0 Å². The lowest BCUT2D eigenvalue weighted by Crippen LogP contribution is -1.75. The summed E-state index contributed by atoms with van der Waals surface area (Å²) in [6.45, 7) is 0. The van der Waals surface area contributed by atoms with Crippen molar-refractivity contribution in [1.29, 1.82) is 0 Å². The Morgan fingerprint density at radius 2 is 1.18 bits per heavy atom. The Hall–Kier alpha value is -3.22. The van der Waals surface area contributed by atoms with E-state index in [2.05, 4.69) is 47.9 Å². The molecule has 0 saturated carbocycles. The van der Waals surface area contributed by atoms with Crippen molar-refractivity contribution in [3.8, 4) is 23.7 Å². The first-order valence-corrected chi connectivity index (χ1v) is 7.14. The van der Waals surface area contributed by atoms with Gasteiger partial charge in [-0.3, -0.25) is 0 Å². The van der Waals surface area contributed by atoms with Crippen LogP contribution < -0.4 is 0 Å². The van der Waals surface area contributed by atoms with E-state index in [4.69, 9.17) is 0 Å². The Morgan fingerprint density at radius 3 is 1.95 bits per heavy atom. The van der Waals surface area contributed by atoms with Crippen molar-refractivity contribution in [2.75, 3.05) is 0 Å². The summed E-state index contributed by atoms with van der Waals surface area (Å²) in [7, 11) is 0. The van der Waals surface area contributed by atoms with Crippen LogP contribution in [0.1, 0.15) is 11.1 Å². The fraction of sp³-hybridized carbons (Fsp3) is 0. The summed E-state index contributed by atoms with van der Waals surface area (Å²) in [5, 5.41) is 2.44. The average Bonchev–Trinajstić information content (AvgIpc) is 2.59. The van der Waals surface area contributed by atoms with Crippen molar-refractivity contribution in [2.45, 2.75) is 0 Å². The van der Waals surface area contributed by atoms with Gasteiger partial charge in [-0.25, -0.2) is 0 Å². The molecule has 0 aliphatic heterocycles. The lowest BCUT2D eigenvalue weighted by molar-refractivity contribution is 1.65. The number of hydrogen-bond donors (Lipinski definition) is 0. The zero-order chi connectivity index (χ0) is 15.0. The van der Waals surface area contributed by atoms with E-state index in [1.165, 1.54) is 10.8 Å². The molecule has 0 spiro atoms. The number of rotatable bonds is 0. The van der Waals surface area contributed by atoms with Gasteiger partial charge in [-0.1, -0.05) is 72.2 Å². The molecule has 3 aromatic rings. The molecule has 102 valence electrons. The fourth-order valence-corrected chi connectivity index (χ4v) is 2.12. The quantitative estimate of drug-likeness (QED) is 0.518. The molecule has 0 radical (unpaired) electrons. The van der Waals surface area contributed by atoms with Gasteiger partial charge >= 0.3 is 0 Å². The molecule has 0 aliphatic carbocycles. The van der Waals surface area contributed by atoms with Crippen LogP contribution in [0.15, 0.2) is 84.9 Å². The highest BCUT2D eigenvalue weighted by molar-refractivity contribution is 5.83. The predicted octanol–water partition coefficient (Wildman–Crippen LogP) is 4.80. The first kappa shape index (κ1) is 13.7. The third-order valence-electron chi connectivity index (χ3n) is 3.21. The zero-order valence-corrected chi connectivity index (χ0v) is 12.1. The maximum atomic E-state index is 3.13. The van der Waals surface area contributed by atoms with Gasteiger partial charge in [0.15, 0.2) is 0 Å². The second-order valence-electron chi connectivity index (χ2n) is 4.80. The van der Waals surface area contributed by atoms with E-state index < -0.39 is 0 Å². The Balaban J connectivity index is 1.70. The fourth-order valence-electron chi connectivity index (χ4n) is 2.12. The first-order chi connectivity index (χ1) is 10.9. The number of fused-ring (bicyclic) bond motifs is 1. The summed E-state index contributed by atoms with van der Waals surface area (Å²) in [6.07, 6.45) is 3.56. The SMILES string of the molecule is C(#Cc1ccccc1)/C=C/C#Cc1ccc2ccccc2c1. The van der Waals surface area contributed by atoms with E-state index in [1.54, 1.807) is 12.2 Å². The molecule has 22 heavy (non-hydrogen) atoms. The van der Waals surface area contributed by atoms with Gasteiger partial charge in [0.05, 0.1) is 0 Å². The normalized spacial score (nSPS) is 9.82. The summed E-state index contributed by atoms with van der Waals surface area (Å²) in [4.78, 5) is 0. The Kier molecular flexibility index (Phi) is 4.36. The van der Waals surface area contributed by atoms with Crippen molar-refractivity contribution in [3.63, 3.8) is 0 Å². The molecule has 0 unspecified atom stereocenters. The van der Waals surface area contributed by atoms with Crippen LogP contribution in [-0.4, -0.2) is 0 Å². The monoisotopic (exact) mass is 278 g/mol. The van der Waals surface area contributed by atoms with E-state index in [0.29, 0.717) is 0 Å². The van der Waals surface area contributed by atoms with Crippen molar-refractivity contribution < 1.29 is 0 Å². The van der Waals surface area contributed by atoms with E-state index in [1.807, 2.05) is 48.5 Å². The standard InChI is InChI=1S/C22H14/c1(4-10-19-11-6-3-7-12-19)2-5-13-20-16-17-21-14-8-9-15-22(21)18-20/h1-3,6-9,11-12,14-18H/b2-1+. The zero-order valence-electron chi connectivity index (χ0n) is 12.1. The number of allylic oxidation sites excluding steroid dienone is 2. The third kappa shape index (κ3) is 3.66. The summed E-state index contributed by atoms with van der Waals surface area (Å²) in [5.74, 6) is 12.2. The van der Waals surface area contributed by atoms with Crippen LogP contribution in [0, 0.1) is 23.7 Å². The Bertz CT molecular complexity index is 923. The van der Waals surface area contributed by atoms with Crippen molar-refractivity contribution in [3.05, 3.63) is 96.1 Å². The van der Waals surface area contributed by atoms with Crippen LogP contribution in [0.3, 0.4) is 0 Å². The molecule has 3 rings (SSSR count). The van der Waals surface area contributed by atoms with Gasteiger partial charge in [-0.15, -0.1) is 0 Å². The summed E-state index contributed by atoms with van der Waals surface area (Å²) < 4.78 is 0. The highest BCUT2D eigenvalue weighted by Crippen LogP contribution is 2.14. The van der Waals surface area contributed by atoms with Gasteiger partial charge < -0.3 is 0 Å². The van der Waals surface area contributed by atoms with Crippen molar-refractivity contribution in [1.82, 2.24) is 0 Å². The predicted molar refractivity (Wildman–Crippen MR) is 93.3 cm³/mol. The van der Waals surface area contributed by atoms with Crippen LogP contribution in [0.25, 0.3) is 10.8 Å². The lowest BCUT2D eigenvalue weighted by atomic mass is 10.1. The third-order valence-corrected chi connectivity index (χ3v) is 3.21. The van der Waals surface area contributed by atoms with Crippen LogP contribution in [0.5, 0.6) is 0 Å². The summed E-state index contributed by atoms with van der Waals surface area (Å²) >= 11 is 0. The van der Waals surface area contributed by atoms with E-state index in [0.717, 1.165) is 11.1 Å². The van der Waals surface area contributed by atoms with E-state index in [9.17, 15) is 0 Å². The smallest absolute Gasteiger partial charge is 0.0255 e. The topological polar surface area (TPSA) is 0 Å². The molecule has 0 bridgehead atoms. The van der Waals surface area contributed by atoms with Crippen molar-refractivity contribution >= 4 is 10.8 Å². The van der Waals surface area contributed by atoms with Crippen molar-refractivity contribution in [2.24, 2.45) is 0 Å². The molecule has 0 fully saturated rings. The molecular formula is C22H14. The molecule has 0 aliphatic rings. The molecule has 3 aromatic carbocycles. The van der Waals surface area contributed by atoms with Crippen LogP contribution in [0.2, 0.25) is 0 Å². The van der Waals surface area contributed by atoms with Crippen LogP contribution in [-0.2, 0) is 0 Å². The first-order valence-electron chi connectivity index (χ1n) is 7.14. The molecule has 0 amide bonds.